The van der Waals surface area contributed by atoms with E-state index in [-0.39, 0.29) is 6.03 Å². The number of rotatable bonds is 4. The second kappa shape index (κ2) is 6.67. The van der Waals surface area contributed by atoms with Crippen LogP contribution < -0.4 is 4.90 Å². The molecule has 3 aliphatic heterocycles. The van der Waals surface area contributed by atoms with E-state index in [1.807, 2.05) is 29.0 Å². The second-order valence-corrected chi connectivity index (χ2v) is 7.99. The van der Waals surface area contributed by atoms with Crippen LogP contribution in [-0.2, 0) is 19.5 Å². The Kier molecular flexibility index (Phi) is 4.15. The molecule has 1 unspecified atom stereocenters. The summed E-state index contributed by atoms with van der Waals surface area (Å²) in [6.07, 6.45) is 10.7. The highest BCUT2D eigenvalue weighted by Gasteiger charge is 2.30. The molecule has 0 radical (unpaired) electrons. The van der Waals surface area contributed by atoms with Crippen LogP contribution >= 0.6 is 0 Å². The third kappa shape index (κ3) is 3.01. The van der Waals surface area contributed by atoms with Gasteiger partial charge < -0.3 is 9.47 Å². The number of fused-ring (bicyclic) bond motifs is 1. The molecule has 0 aromatic carbocycles. The van der Waals surface area contributed by atoms with Gasteiger partial charge in [0.25, 0.3) is 0 Å². The van der Waals surface area contributed by atoms with Crippen LogP contribution in [0.1, 0.15) is 36.8 Å². The normalized spacial score (nSPS) is 23.4. The number of hydrogen-bond donors (Lipinski definition) is 0. The van der Waals surface area contributed by atoms with E-state index in [4.69, 9.17) is 0 Å². The number of carbonyl (C=O) groups excluding carboxylic acids is 1. The summed E-state index contributed by atoms with van der Waals surface area (Å²) in [5.41, 5.74) is 2.30. The van der Waals surface area contributed by atoms with Gasteiger partial charge in [0.1, 0.15) is 5.82 Å². The number of amides is 2. The van der Waals surface area contributed by atoms with Gasteiger partial charge in [-0.25, -0.2) is 9.78 Å². The van der Waals surface area contributed by atoms with Crippen molar-refractivity contribution in [2.75, 3.05) is 38.1 Å². The highest BCUT2D eigenvalue weighted by Crippen LogP contribution is 2.26. The molecule has 2 aromatic rings. The molecule has 2 saturated heterocycles. The Bertz CT molecular complexity index is 841. The van der Waals surface area contributed by atoms with E-state index >= 15 is 0 Å². The van der Waals surface area contributed by atoms with Gasteiger partial charge in [0.05, 0.1) is 24.5 Å². The monoisotopic (exact) mass is 369 g/mol. The van der Waals surface area contributed by atoms with E-state index < -0.39 is 0 Å². The molecule has 2 amide bonds. The van der Waals surface area contributed by atoms with Gasteiger partial charge in [-0.05, 0) is 25.7 Å². The van der Waals surface area contributed by atoms with Crippen LogP contribution in [0, 0.1) is 0 Å². The summed E-state index contributed by atoms with van der Waals surface area (Å²) in [5.74, 6) is 1.21. The molecule has 2 fully saturated rings. The Labute approximate surface area is 159 Å². The van der Waals surface area contributed by atoms with Crippen molar-refractivity contribution in [3.8, 4) is 0 Å². The third-order valence-electron chi connectivity index (χ3n) is 6.19. The van der Waals surface area contributed by atoms with Gasteiger partial charge >= 0.3 is 6.03 Å². The maximum atomic E-state index is 12.2. The van der Waals surface area contributed by atoms with E-state index in [1.54, 1.807) is 4.90 Å². The SMILES string of the molecule is CN1CCN(c2cnn(C3CCN(Cc4ncc5n4CCCC5)C3)c2)C1=O. The minimum Gasteiger partial charge on any atom is -0.331 e. The van der Waals surface area contributed by atoms with E-state index in [0.717, 1.165) is 57.8 Å². The Hall–Kier alpha value is -2.35. The lowest BCUT2D eigenvalue weighted by Gasteiger charge is -2.20. The molecule has 8 nitrogen and oxygen atoms in total. The van der Waals surface area contributed by atoms with Crippen molar-refractivity contribution >= 4 is 11.7 Å². The maximum Gasteiger partial charge on any atom is 0.324 e. The summed E-state index contributed by atoms with van der Waals surface area (Å²) in [6.45, 7) is 5.59. The van der Waals surface area contributed by atoms with E-state index in [9.17, 15) is 4.79 Å². The maximum absolute atomic E-state index is 12.2. The van der Waals surface area contributed by atoms with Crippen molar-refractivity contribution in [2.24, 2.45) is 0 Å². The van der Waals surface area contributed by atoms with Crippen LogP contribution in [0.5, 0.6) is 0 Å². The summed E-state index contributed by atoms with van der Waals surface area (Å²) in [4.78, 5) is 22.9. The molecular weight excluding hydrogens is 342 g/mol. The smallest absolute Gasteiger partial charge is 0.324 e. The molecule has 0 saturated carbocycles. The van der Waals surface area contributed by atoms with Crippen molar-refractivity contribution in [2.45, 2.75) is 44.8 Å². The fraction of sp³-hybridized carbons (Fsp3) is 0.632. The summed E-state index contributed by atoms with van der Waals surface area (Å²) in [5, 5.41) is 4.56. The molecule has 8 heteroatoms. The predicted octanol–water partition coefficient (Wildman–Crippen LogP) is 1.73. The molecule has 0 N–H and O–H groups in total. The lowest BCUT2D eigenvalue weighted by atomic mass is 10.1. The highest BCUT2D eigenvalue weighted by molar-refractivity contribution is 5.93. The van der Waals surface area contributed by atoms with E-state index in [2.05, 4.69) is 25.7 Å². The molecule has 27 heavy (non-hydrogen) atoms. The van der Waals surface area contributed by atoms with Crippen LogP contribution in [-0.4, -0.2) is 68.4 Å². The Morgan fingerprint density at radius 3 is 2.93 bits per heavy atom. The highest BCUT2D eigenvalue weighted by atomic mass is 16.2. The van der Waals surface area contributed by atoms with Crippen molar-refractivity contribution in [3.63, 3.8) is 0 Å². The second-order valence-electron chi connectivity index (χ2n) is 7.99. The standard InChI is InChI=1S/C19H27N7O/c1-22-8-9-25(19(22)27)17-11-21-26(13-17)16-5-7-23(12-16)14-18-20-10-15-4-2-3-6-24(15)18/h10-11,13,16H,2-9,12,14H2,1H3. The molecule has 5 heterocycles. The lowest BCUT2D eigenvalue weighted by molar-refractivity contribution is 0.229. The molecule has 2 aromatic heterocycles. The predicted molar refractivity (Wildman–Crippen MR) is 102 cm³/mol. The van der Waals surface area contributed by atoms with Gasteiger partial charge in [0.15, 0.2) is 0 Å². The Morgan fingerprint density at radius 1 is 1.15 bits per heavy atom. The van der Waals surface area contributed by atoms with E-state index in [1.165, 1.54) is 24.4 Å². The van der Waals surface area contributed by atoms with Gasteiger partial charge in [-0.1, -0.05) is 0 Å². The van der Waals surface area contributed by atoms with Crippen LogP contribution in [0.4, 0.5) is 10.5 Å². The van der Waals surface area contributed by atoms with Crippen LogP contribution in [0.3, 0.4) is 0 Å². The molecule has 1 atom stereocenters. The van der Waals surface area contributed by atoms with Gasteiger partial charge in [-0.3, -0.25) is 14.5 Å². The van der Waals surface area contributed by atoms with Gasteiger partial charge in [0, 0.05) is 57.9 Å². The quantitative estimate of drug-likeness (QED) is 0.824. The molecular formula is C19H27N7O. The van der Waals surface area contributed by atoms with Crippen molar-refractivity contribution in [1.82, 2.24) is 29.1 Å². The summed E-state index contributed by atoms with van der Waals surface area (Å²) in [6, 6.07) is 0.427. The van der Waals surface area contributed by atoms with Crippen LogP contribution in [0.15, 0.2) is 18.6 Å². The number of urea groups is 1. The lowest BCUT2D eigenvalue weighted by Crippen LogP contribution is -2.28. The average molecular weight is 369 g/mol. The van der Waals surface area contributed by atoms with Crippen molar-refractivity contribution in [1.29, 1.82) is 0 Å². The number of aromatic nitrogens is 4. The topological polar surface area (TPSA) is 62.4 Å². The van der Waals surface area contributed by atoms with Crippen LogP contribution in [0.25, 0.3) is 0 Å². The minimum atomic E-state index is 0.0617. The van der Waals surface area contributed by atoms with Crippen molar-refractivity contribution < 1.29 is 4.79 Å². The number of hydrogen-bond acceptors (Lipinski definition) is 4. The molecule has 144 valence electrons. The first-order valence-corrected chi connectivity index (χ1v) is 10.0. The van der Waals surface area contributed by atoms with E-state index in [0.29, 0.717) is 6.04 Å². The first kappa shape index (κ1) is 16.8. The van der Waals surface area contributed by atoms with Gasteiger partial charge in [-0.2, -0.15) is 5.10 Å². The van der Waals surface area contributed by atoms with Gasteiger partial charge in [0.2, 0.25) is 0 Å². The first-order valence-electron chi connectivity index (χ1n) is 10.0. The molecule has 0 spiro atoms. The molecule has 0 aliphatic carbocycles. The molecule has 3 aliphatic rings. The number of imidazole rings is 1. The number of carbonyl (C=O) groups is 1. The van der Waals surface area contributed by atoms with Gasteiger partial charge in [-0.15, -0.1) is 0 Å². The first-order chi connectivity index (χ1) is 13.2. The fourth-order valence-corrected chi connectivity index (χ4v) is 4.55. The number of aryl methyl sites for hydroxylation is 1. The number of anilines is 1. The van der Waals surface area contributed by atoms with Crippen molar-refractivity contribution in [3.05, 3.63) is 30.1 Å². The van der Waals surface area contributed by atoms with Crippen LogP contribution in [0.2, 0.25) is 0 Å². The molecule has 0 bridgehead atoms. The summed E-state index contributed by atoms with van der Waals surface area (Å²) < 4.78 is 4.46. The Balaban J connectivity index is 1.24. The molecule has 5 rings (SSSR count). The summed E-state index contributed by atoms with van der Waals surface area (Å²) >= 11 is 0. The third-order valence-corrected chi connectivity index (χ3v) is 6.19. The summed E-state index contributed by atoms with van der Waals surface area (Å²) in [7, 11) is 1.84. The Morgan fingerprint density at radius 2 is 2.07 bits per heavy atom. The minimum absolute atomic E-state index is 0.0617. The number of likely N-dealkylation sites (tertiary alicyclic amines) is 1. The fourth-order valence-electron chi connectivity index (χ4n) is 4.55. The zero-order valence-corrected chi connectivity index (χ0v) is 15.9. The average Bonchev–Trinajstić information content (AvgIpc) is 3.45. The zero-order valence-electron chi connectivity index (χ0n) is 15.9. The largest absolute Gasteiger partial charge is 0.331 e. The zero-order chi connectivity index (χ0) is 18.4. The number of likely N-dealkylation sites (N-methyl/N-ethyl adjacent to an activating group) is 1. The number of nitrogens with zero attached hydrogens (tertiary/aromatic N) is 7.